The van der Waals surface area contributed by atoms with Gasteiger partial charge in [-0.25, -0.2) is 9.48 Å². The van der Waals surface area contributed by atoms with Crippen molar-refractivity contribution in [2.45, 2.75) is 18.6 Å². The van der Waals surface area contributed by atoms with Crippen LogP contribution in [0, 0.1) is 0 Å². The molecule has 4 rings (SSSR count). The topological polar surface area (TPSA) is 112 Å². The van der Waals surface area contributed by atoms with Crippen LogP contribution in [0.15, 0.2) is 63.7 Å². The lowest BCUT2D eigenvalue weighted by molar-refractivity contribution is -0.113. The number of carbonyl (C=O) groups is 2. The quantitative estimate of drug-likeness (QED) is 0.290. The second-order valence-electron chi connectivity index (χ2n) is 6.49. The van der Waals surface area contributed by atoms with Gasteiger partial charge in [-0.15, -0.1) is 16.4 Å². The number of hydrogen-bond acceptors (Lipinski definition) is 9. The summed E-state index contributed by atoms with van der Waals surface area (Å²) in [6.07, 6.45) is 1.52. The SMILES string of the molecule is CCOC(=O)c1c(-c2ccco2)csc1NC(=O)CSc1nnnn1Cc1ccccc1. The molecule has 0 spiro atoms. The van der Waals surface area contributed by atoms with Crippen LogP contribution in [0.1, 0.15) is 22.8 Å². The second-order valence-corrected chi connectivity index (χ2v) is 8.31. The minimum absolute atomic E-state index is 0.0748. The number of esters is 1. The van der Waals surface area contributed by atoms with Crippen molar-refractivity contribution >= 4 is 40.0 Å². The molecule has 0 saturated carbocycles. The zero-order valence-electron chi connectivity index (χ0n) is 17.1. The Morgan fingerprint density at radius 2 is 2.06 bits per heavy atom. The van der Waals surface area contributed by atoms with E-state index < -0.39 is 5.97 Å². The molecule has 4 aromatic rings. The van der Waals surface area contributed by atoms with E-state index in [2.05, 4.69) is 20.8 Å². The Labute approximate surface area is 191 Å². The van der Waals surface area contributed by atoms with Gasteiger partial charge in [-0.2, -0.15) is 0 Å². The van der Waals surface area contributed by atoms with Gasteiger partial charge >= 0.3 is 5.97 Å². The van der Waals surface area contributed by atoms with E-state index in [9.17, 15) is 9.59 Å². The smallest absolute Gasteiger partial charge is 0.341 e. The first-order valence-corrected chi connectivity index (χ1v) is 11.6. The predicted molar refractivity (Wildman–Crippen MR) is 121 cm³/mol. The number of nitrogens with zero attached hydrogens (tertiary/aromatic N) is 4. The number of thioether (sulfide) groups is 1. The normalized spacial score (nSPS) is 10.8. The molecule has 0 aliphatic carbocycles. The lowest BCUT2D eigenvalue weighted by atomic mass is 10.1. The van der Waals surface area contributed by atoms with E-state index in [0.29, 0.717) is 28.0 Å². The number of aromatic nitrogens is 4. The number of carbonyl (C=O) groups excluding carboxylic acids is 2. The van der Waals surface area contributed by atoms with E-state index in [4.69, 9.17) is 9.15 Å². The molecule has 0 bridgehead atoms. The Morgan fingerprint density at radius 3 is 2.81 bits per heavy atom. The van der Waals surface area contributed by atoms with E-state index in [-0.39, 0.29) is 23.8 Å². The molecule has 32 heavy (non-hydrogen) atoms. The van der Waals surface area contributed by atoms with Gasteiger partial charge in [-0.05, 0) is 35.0 Å². The maximum Gasteiger partial charge on any atom is 0.341 e. The molecule has 0 aliphatic rings. The molecule has 0 unspecified atom stereocenters. The summed E-state index contributed by atoms with van der Waals surface area (Å²) in [5.41, 5.74) is 1.90. The highest BCUT2D eigenvalue weighted by Crippen LogP contribution is 2.36. The number of furan rings is 1. The average molecular weight is 470 g/mol. The Kier molecular flexibility index (Phi) is 6.97. The summed E-state index contributed by atoms with van der Waals surface area (Å²) in [6, 6.07) is 13.3. The summed E-state index contributed by atoms with van der Waals surface area (Å²) in [5, 5.41) is 17.2. The van der Waals surface area contributed by atoms with E-state index in [1.54, 1.807) is 29.1 Å². The van der Waals surface area contributed by atoms with E-state index in [1.807, 2.05) is 30.3 Å². The lowest BCUT2D eigenvalue weighted by Gasteiger charge is -2.08. The van der Waals surface area contributed by atoms with Crippen LogP contribution in [0.2, 0.25) is 0 Å². The largest absolute Gasteiger partial charge is 0.464 e. The van der Waals surface area contributed by atoms with E-state index in [0.717, 1.165) is 5.56 Å². The summed E-state index contributed by atoms with van der Waals surface area (Å²) in [5.74, 6) is -0.206. The first kappa shape index (κ1) is 21.8. The van der Waals surface area contributed by atoms with Crippen LogP contribution in [0.25, 0.3) is 11.3 Å². The van der Waals surface area contributed by atoms with Crippen LogP contribution in [0.3, 0.4) is 0 Å². The van der Waals surface area contributed by atoms with Crippen LogP contribution in [0.5, 0.6) is 0 Å². The van der Waals surface area contributed by atoms with Gasteiger partial charge in [-0.3, -0.25) is 4.79 Å². The van der Waals surface area contributed by atoms with Crippen molar-refractivity contribution < 1.29 is 18.7 Å². The number of nitrogens with one attached hydrogen (secondary N) is 1. The molecular weight excluding hydrogens is 450 g/mol. The molecule has 1 N–H and O–H groups in total. The van der Waals surface area contributed by atoms with Crippen LogP contribution < -0.4 is 5.32 Å². The second kappa shape index (κ2) is 10.2. The van der Waals surface area contributed by atoms with Gasteiger partial charge in [0.25, 0.3) is 0 Å². The molecule has 9 nitrogen and oxygen atoms in total. The zero-order valence-corrected chi connectivity index (χ0v) is 18.7. The number of rotatable bonds is 9. The molecule has 0 saturated heterocycles. The molecular formula is C21H19N5O4S2. The summed E-state index contributed by atoms with van der Waals surface area (Å²) >= 11 is 2.45. The first-order chi connectivity index (χ1) is 15.7. The zero-order chi connectivity index (χ0) is 22.3. The molecule has 0 fully saturated rings. The summed E-state index contributed by atoms with van der Waals surface area (Å²) < 4.78 is 12.2. The molecule has 0 atom stereocenters. The fourth-order valence-corrected chi connectivity index (χ4v) is 4.55. The molecule has 0 aliphatic heterocycles. The van der Waals surface area contributed by atoms with Crippen LogP contribution in [-0.2, 0) is 16.1 Å². The van der Waals surface area contributed by atoms with Gasteiger partial charge < -0.3 is 14.5 Å². The van der Waals surface area contributed by atoms with E-state index in [1.165, 1.54) is 29.4 Å². The molecule has 3 aromatic heterocycles. The summed E-state index contributed by atoms with van der Waals surface area (Å²) in [7, 11) is 0. The average Bonchev–Trinajstić information content (AvgIpc) is 3.54. The highest BCUT2D eigenvalue weighted by Gasteiger charge is 2.24. The summed E-state index contributed by atoms with van der Waals surface area (Å²) in [6.45, 7) is 2.45. The molecule has 1 amide bonds. The maximum atomic E-state index is 12.6. The number of ether oxygens (including phenoxy) is 1. The molecule has 1 aromatic carbocycles. The Bertz CT molecular complexity index is 1190. The minimum Gasteiger partial charge on any atom is -0.464 e. The third-order valence-electron chi connectivity index (χ3n) is 4.32. The third-order valence-corrected chi connectivity index (χ3v) is 6.17. The molecule has 164 valence electrons. The number of hydrogen-bond donors (Lipinski definition) is 1. The van der Waals surface area contributed by atoms with Crippen molar-refractivity contribution in [3.63, 3.8) is 0 Å². The predicted octanol–water partition coefficient (Wildman–Crippen LogP) is 3.95. The lowest BCUT2D eigenvalue weighted by Crippen LogP contribution is -2.17. The van der Waals surface area contributed by atoms with Crippen LogP contribution in [0.4, 0.5) is 5.00 Å². The monoisotopic (exact) mass is 469 g/mol. The van der Waals surface area contributed by atoms with Crippen molar-refractivity contribution in [1.29, 1.82) is 0 Å². The molecule has 0 radical (unpaired) electrons. The maximum absolute atomic E-state index is 12.6. The number of amides is 1. The third kappa shape index (κ3) is 5.06. The fraction of sp³-hybridized carbons (Fsp3) is 0.190. The number of tetrazole rings is 1. The highest BCUT2D eigenvalue weighted by atomic mass is 32.2. The number of thiophene rings is 1. The number of anilines is 1. The standard InChI is InChI=1S/C21H19N5O4S2/c1-2-29-20(28)18-15(16-9-6-10-30-16)12-31-19(18)22-17(27)13-32-21-23-24-25-26(21)11-14-7-4-3-5-8-14/h3-10,12H,2,11,13H2,1H3,(H,22,27). The molecule has 3 heterocycles. The first-order valence-electron chi connectivity index (χ1n) is 9.71. The van der Waals surface area contributed by atoms with Crippen molar-refractivity contribution in [3.05, 3.63) is 65.2 Å². The van der Waals surface area contributed by atoms with Gasteiger partial charge in [0.2, 0.25) is 11.1 Å². The Hall–Kier alpha value is -3.44. The van der Waals surface area contributed by atoms with Crippen molar-refractivity contribution in [2.24, 2.45) is 0 Å². The van der Waals surface area contributed by atoms with Gasteiger partial charge in [0.15, 0.2) is 0 Å². The van der Waals surface area contributed by atoms with Crippen LogP contribution in [-0.4, -0.2) is 44.4 Å². The van der Waals surface area contributed by atoms with Crippen molar-refractivity contribution in [3.8, 4) is 11.3 Å². The van der Waals surface area contributed by atoms with Gasteiger partial charge in [0.1, 0.15) is 16.3 Å². The van der Waals surface area contributed by atoms with E-state index >= 15 is 0 Å². The Balaban J connectivity index is 1.44. The summed E-state index contributed by atoms with van der Waals surface area (Å²) in [4.78, 5) is 25.2. The van der Waals surface area contributed by atoms with Crippen molar-refractivity contribution in [1.82, 2.24) is 20.2 Å². The fourth-order valence-electron chi connectivity index (χ4n) is 2.92. The Morgan fingerprint density at radius 1 is 1.22 bits per heavy atom. The van der Waals surface area contributed by atoms with Gasteiger partial charge in [-0.1, -0.05) is 42.1 Å². The highest BCUT2D eigenvalue weighted by molar-refractivity contribution is 7.99. The van der Waals surface area contributed by atoms with Gasteiger partial charge in [0.05, 0.1) is 25.2 Å². The molecule has 11 heteroatoms. The minimum atomic E-state index is -0.519. The van der Waals surface area contributed by atoms with Gasteiger partial charge in [0, 0.05) is 10.9 Å². The van der Waals surface area contributed by atoms with Crippen LogP contribution >= 0.6 is 23.1 Å². The number of benzene rings is 1. The van der Waals surface area contributed by atoms with Crippen molar-refractivity contribution in [2.75, 3.05) is 17.7 Å².